The van der Waals surface area contributed by atoms with Crippen LogP contribution in [-0.2, 0) is 50.5 Å². The maximum atomic E-state index is 14.1. The maximum Gasteiger partial charge on any atom is 0.380 e. The van der Waals surface area contributed by atoms with Gasteiger partial charge >= 0.3 is 19.5 Å². The Balaban J connectivity index is 0.000000550. The lowest BCUT2D eigenvalue weighted by Gasteiger charge is -2.23. The molecule has 11 nitrogen and oxygen atoms in total. The Morgan fingerprint density at radius 1 is 0.556 bits per heavy atom. The third-order valence-electron chi connectivity index (χ3n) is 9.78. The Kier molecular flexibility index (Phi) is 27.7. The molecule has 1 unspecified atom stereocenters. The third-order valence-corrected chi connectivity index (χ3v) is 14.0. The summed E-state index contributed by atoms with van der Waals surface area (Å²) in [5.74, 6) is -29.1. The van der Waals surface area contributed by atoms with E-state index >= 15 is 0 Å². The summed E-state index contributed by atoms with van der Waals surface area (Å²) in [7, 11) is -4.63. The van der Waals surface area contributed by atoms with Crippen LogP contribution in [0.5, 0.6) is 11.5 Å². The van der Waals surface area contributed by atoms with Gasteiger partial charge in [-0.15, -0.1) is 0 Å². The highest BCUT2D eigenvalue weighted by atomic mass is 35.7. The van der Waals surface area contributed by atoms with Crippen molar-refractivity contribution in [2.45, 2.75) is 102 Å². The van der Waals surface area contributed by atoms with Crippen LogP contribution in [0.1, 0.15) is 84.6 Å². The monoisotopic (exact) mass is 1100 g/mol. The van der Waals surface area contributed by atoms with Crippen LogP contribution in [0.4, 0.5) is 43.9 Å². The van der Waals surface area contributed by atoms with Gasteiger partial charge in [0.2, 0.25) is 63.9 Å². The van der Waals surface area contributed by atoms with E-state index in [0.29, 0.717) is 5.56 Å². The molecule has 0 aromatic heterocycles. The minimum Gasteiger partial charge on any atom is -0.503 e. The molecule has 404 valence electrons. The number of ether oxygens (including phenoxy) is 2. The first kappa shape index (κ1) is 65.4. The van der Waals surface area contributed by atoms with Crippen LogP contribution in [-0.4, -0.2) is 66.1 Å². The van der Waals surface area contributed by atoms with Gasteiger partial charge in [0.05, 0.1) is 49.6 Å². The van der Waals surface area contributed by atoms with Crippen molar-refractivity contribution < 1.29 is 90.8 Å². The standard InChI is InChI=1S/C21H22F5O5P.C15H22ClO4P.C6HF5O.C6H15N/c1-11(2)30-21(27)13(4)10-32(28,29-9-14-8-6-5-7-12(14)3)31-20-18(25)16(23)15(22)17(24)19(20)26;1-11(2)20-15(17)13(4)10-21(16,18)19-9-14-8-6-5-7-12(14)3;7-1-2(8)4(10)6(12)5(11)3(1)9;1-4-7(5-2)6-3/h5-8,11,13H,9-10H2,1-4H3;5-8,11,13H,9-10H2,1-4H3;12H;4-6H2,1-3H3/t13-,32-;13-,21?;;/m00../s1. The van der Waals surface area contributed by atoms with Crippen LogP contribution < -0.4 is 4.52 Å². The Morgan fingerprint density at radius 2 is 0.889 bits per heavy atom. The second kappa shape index (κ2) is 30.5. The summed E-state index contributed by atoms with van der Waals surface area (Å²) in [4.78, 5) is 26.2. The zero-order chi connectivity index (χ0) is 55.4. The van der Waals surface area contributed by atoms with Gasteiger partial charge in [0.25, 0.3) is 6.72 Å². The number of carbonyl (C=O) groups is 2. The third kappa shape index (κ3) is 20.7. The molecule has 4 atom stereocenters. The Morgan fingerprint density at radius 3 is 1.24 bits per heavy atom. The van der Waals surface area contributed by atoms with Crippen molar-refractivity contribution in [1.82, 2.24) is 4.90 Å². The number of hydrogen-bond donors (Lipinski definition) is 1. The van der Waals surface area contributed by atoms with E-state index in [9.17, 15) is 62.6 Å². The quantitative estimate of drug-likeness (QED) is 0.0316. The molecule has 0 fully saturated rings. The van der Waals surface area contributed by atoms with E-state index in [0.717, 1.165) is 16.7 Å². The first-order valence-corrected chi connectivity index (χ1v) is 26.6. The van der Waals surface area contributed by atoms with Crippen molar-refractivity contribution in [3.63, 3.8) is 0 Å². The summed E-state index contributed by atoms with van der Waals surface area (Å²) in [6.45, 7) is 19.8. The Hall–Kier alpha value is -4.65. The predicted molar refractivity (Wildman–Crippen MR) is 252 cm³/mol. The summed E-state index contributed by atoms with van der Waals surface area (Å²) >= 11 is 5.94. The molecule has 0 aliphatic heterocycles. The number of phenols is 1. The molecule has 4 aromatic carbocycles. The molecule has 4 aromatic rings. The van der Waals surface area contributed by atoms with E-state index in [1.807, 2.05) is 31.2 Å². The van der Waals surface area contributed by atoms with Crippen LogP contribution in [0.2, 0.25) is 0 Å². The van der Waals surface area contributed by atoms with E-state index in [-0.39, 0.29) is 25.5 Å². The number of esters is 2. The van der Waals surface area contributed by atoms with Gasteiger partial charge in [0.1, 0.15) is 0 Å². The molecule has 0 spiro atoms. The molecule has 0 bridgehead atoms. The van der Waals surface area contributed by atoms with Gasteiger partial charge in [-0.05, 0) is 94.7 Å². The largest absolute Gasteiger partial charge is 0.503 e. The first-order valence-electron chi connectivity index (χ1n) is 22.2. The minimum absolute atomic E-state index is 0.0357. The molecule has 0 saturated heterocycles. The van der Waals surface area contributed by atoms with Crippen molar-refractivity contribution in [3.8, 4) is 11.5 Å². The highest BCUT2D eigenvalue weighted by Crippen LogP contribution is 2.55. The molecular formula is C48H60ClF10NO10P2. The number of rotatable bonds is 19. The van der Waals surface area contributed by atoms with Gasteiger partial charge in [-0.2, -0.15) is 17.6 Å². The molecule has 0 amide bonds. The SMILES string of the molecule is CCN(CC)CC.Cc1ccccc1COP(=O)(Cl)C[C@H](C)C(=O)OC(C)C.Cc1ccccc1CO[P@@](=O)(C[C@H](C)C(=O)OC(C)C)Oc1c(F)c(F)c(F)c(F)c1F.Oc1c(F)c(F)c(F)c(F)c1F. The number of halogens is 11. The fraction of sp³-hybridized carbons (Fsp3) is 0.458. The van der Waals surface area contributed by atoms with Gasteiger partial charge in [-0.25, -0.2) is 30.9 Å². The number of hydrogen-bond acceptors (Lipinski definition) is 11. The zero-order valence-electron chi connectivity index (χ0n) is 41.5. The summed E-state index contributed by atoms with van der Waals surface area (Å²) in [5.41, 5.74) is 3.23. The fourth-order valence-corrected chi connectivity index (χ4v) is 9.46. The van der Waals surface area contributed by atoms with E-state index < -0.39 is 120 Å². The highest BCUT2D eigenvalue weighted by Gasteiger charge is 2.38. The number of benzene rings is 4. The zero-order valence-corrected chi connectivity index (χ0v) is 44.0. The van der Waals surface area contributed by atoms with E-state index in [1.165, 1.54) is 26.6 Å². The van der Waals surface area contributed by atoms with Gasteiger partial charge in [0.15, 0.2) is 5.75 Å². The molecular weight excluding hydrogens is 1040 g/mol. The number of phenolic OH excluding ortho intramolecular Hbond substituents is 1. The molecule has 24 heteroatoms. The molecule has 0 heterocycles. The Bertz CT molecular complexity index is 2380. The van der Waals surface area contributed by atoms with Gasteiger partial charge in [0, 0.05) is 0 Å². The Labute approximate surface area is 417 Å². The first-order chi connectivity index (χ1) is 33.4. The molecule has 72 heavy (non-hydrogen) atoms. The molecule has 4 rings (SSSR count). The van der Waals surface area contributed by atoms with Crippen molar-refractivity contribution in [2.75, 3.05) is 32.0 Å². The molecule has 0 aliphatic carbocycles. The summed E-state index contributed by atoms with van der Waals surface area (Å²) in [6, 6.07) is 14.4. The molecule has 0 aliphatic rings. The summed E-state index contributed by atoms with van der Waals surface area (Å²) < 4.78 is 180. The molecule has 0 radical (unpaired) electrons. The number of carbonyl (C=O) groups excluding carboxylic acids is 2. The maximum absolute atomic E-state index is 14.1. The van der Waals surface area contributed by atoms with Crippen LogP contribution in [0, 0.1) is 83.9 Å². The molecule has 0 saturated carbocycles. The number of aryl methyl sites for hydroxylation is 2. The highest BCUT2D eigenvalue weighted by molar-refractivity contribution is 7.85. The van der Waals surface area contributed by atoms with Crippen LogP contribution in [0.25, 0.3) is 0 Å². The fourth-order valence-electron chi connectivity index (χ4n) is 5.62. The average Bonchev–Trinajstić information content (AvgIpc) is 3.32. The number of aromatic hydroxyl groups is 1. The lowest BCUT2D eigenvalue weighted by molar-refractivity contribution is -0.152. The van der Waals surface area contributed by atoms with E-state index in [2.05, 4.69) is 25.7 Å². The van der Waals surface area contributed by atoms with Crippen molar-refractivity contribution in [1.29, 1.82) is 0 Å². The van der Waals surface area contributed by atoms with Gasteiger partial charge < -0.3 is 28.5 Å². The van der Waals surface area contributed by atoms with Gasteiger partial charge in [-0.3, -0.25) is 18.7 Å². The minimum atomic E-state index is -4.63. The summed E-state index contributed by atoms with van der Waals surface area (Å²) in [6.07, 6.45) is -1.48. The average molecular weight is 1100 g/mol. The topological polar surface area (TPSA) is 138 Å². The lowest BCUT2D eigenvalue weighted by atomic mass is 10.1. The van der Waals surface area contributed by atoms with Crippen molar-refractivity contribution >= 4 is 37.5 Å². The van der Waals surface area contributed by atoms with E-state index in [4.69, 9.17) is 39.4 Å². The smallest absolute Gasteiger partial charge is 0.380 e. The second-order valence-corrected chi connectivity index (χ2v) is 21.6. The molecule has 1 N–H and O–H groups in total. The second-order valence-electron chi connectivity index (χ2n) is 16.3. The summed E-state index contributed by atoms with van der Waals surface area (Å²) in [5, 5.41) is 8.30. The van der Waals surface area contributed by atoms with E-state index in [1.54, 1.807) is 65.8 Å². The lowest BCUT2D eigenvalue weighted by Crippen LogP contribution is -2.23. The van der Waals surface area contributed by atoms with Crippen molar-refractivity contribution in [3.05, 3.63) is 129 Å². The van der Waals surface area contributed by atoms with Crippen LogP contribution >= 0.6 is 25.6 Å². The normalized spacial score (nSPS) is 13.6. The van der Waals surface area contributed by atoms with Gasteiger partial charge in [-0.1, -0.05) is 83.1 Å². The predicted octanol–water partition coefficient (Wildman–Crippen LogP) is 14.0. The van der Waals surface area contributed by atoms with Crippen LogP contribution in [0.15, 0.2) is 48.5 Å². The van der Waals surface area contributed by atoms with Crippen molar-refractivity contribution in [2.24, 2.45) is 11.8 Å². The number of nitrogens with zero attached hydrogens (tertiary/aromatic N) is 1. The van der Waals surface area contributed by atoms with Crippen LogP contribution in [0.3, 0.4) is 0 Å².